The summed E-state index contributed by atoms with van der Waals surface area (Å²) in [6, 6.07) is 4.59. The molecule has 0 fully saturated rings. The highest BCUT2D eigenvalue weighted by Crippen LogP contribution is 2.21. The monoisotopic (exact) mass is 269 g/mol. The van der Waals surface area contributed by atoms with E-state index in [0.29, 0.717) is 11.6 Å². The summed E-state index contributed by atoms with van der Waals surface area (Å²) in [5.41, 5.74) is 0.414. The zero-order valence-electron chi connectivity index (χ0n) is 12.2. The molecule has 0 aliphatic rings. The van der Waals surface area contributed by atoms with Gasteiger partial charge >= 0.3 is 0 Å². The normalized spacial score (nSPS) is 14.4. The molecule has 1 N–H and O–H groups in total. The van der Waals surface area contributed by atoms with Crippen LogP contribution in [0.2, 0.25) is 0 Å². The first-order valence-electron chi connectivity index (χ1n) is 7.30. The molecule has 1 aromatic carbocycles. The number of nitrogens with one attached hydrogen (secondary N) is 1. The molecule has 2 atom stereocenters. The summed E-state index contributed by atoms with van der Waals surface area (Å²) in [7, 11) is 0. The molecule has 0 aliphatic heterocycles. The Kier molecular flexibility index (Phi) is 7.00. The Morgan fingerprint density at radius 3 is 2.47 bits per heavy atom. The lowest BCUT2D eigenvalue weighted by molar-refractivity contribution is 0.385. The molecule has 1 nitrogen and oxygen atoms in total. The Bertz CT molecular complexity index is 379. The van der Waals surface area contributed by atoms with Gasteiger partial charge < -0.3 is 5.32 Å². The average molecular weight is 269 g/mol. The van der Waals surface area contributed by atoms with Crippen molar-refractivity contribution < 1.29 is 8.78 Å². The smallest absolute Gasteiger partial charge is 0.163 e. The molecule has 3 heteroatoms. The van der Waals surface area contributed by atoms with Gasteiger partial charge in [-0.3, -0.25) is 0 Å². The molecule has 108 valence electrons. The summed E-state index contributed by atoms with van der Waals surface area (Å²) >= 11 is 0. The van der Waals surface area contributed by atoms with Crippen LogP contribution in [-0.4, -0.2) is 6.04 Å². The Balaban J connectivity index is 2.69. The number of halogens is 2. The van der Waals surface area contributed by atoms with Crippen LogP contribution in [0.15, 0.2) is 18.2 Å². The fourth-order valence-corrected chi connectivity index (χ4v) is 2.41. The first-order valence-corrected chi connectivity index (χ1v) is 7.30. The predicted octanol–water partition coefficient (Wildman–Crippen LogP) is 4.97. The van der Waals surface area contributed by atoms with Crippen molar-refractivity contribution in [2.75, 3.05) is 0 Å². The number of benzene rings is 1. The molecule has 0 bridgehead atoms. The number of unbranched alkanes of at least 4 members (excludes halogenated alkanes) is 1. The maximum atomic E-state index is 13.7. The molecule has 0 heterocycles. The minimum absolute atomic E-state index is 0.163. The van der Waals surface area contributed by atoms with Crippen LogP contribution in [-0.2, 0) is 0 Å². The van der Waals surface area contributed by atoms with Crippen molar-refractivity contribution >= 4 is 0 Å². The first kappa shape index (κ1) is 16.1. The lowest BCUT2D eigenvalue weighted by Gasteiger charge is -2.23. The van der Waals surface area contributed by atoms with E-state index < -0.39 is 11.6 Å². The van der Waals surface area contributed by atoms with E-state index in [2.05, 4.69) is 19.2 Å². The van der Waals surface area contributed by atoms with Crippen molar-refractivity contribution in [3.63, 3.8) is 0 Å². The molecule has 2 unspecified atom stereocenters. The number of rotatable bonds is 8. The molecule has 0 spiro atoms. The first-order chi connectivity index (χ1) is 9.10. The molecule has 0 amide bonds. The molecular formula is C16H25F2N. The van der Waals surface area contributed by atoms with E-state index in [1.54, 1.807) is 12.1 Å². The fourth-order valence-electron chi connectivity index (χ4n) is 2.41. The summed E-state index contributed by atoms with van der Waals surface area (Å²) in [6.07, 6.45) is 5.58. The summed E-state index contributed by atoms with van der Waals surface area (Å²) < 4.78 is 27.0. The van der Waals surface area contributed by atoms with E-state index >= 15 is 0 Å². The zero-order chi connectivity index (χ0) is 14.3. The van der Waals surface area contributed by atoms with Gasteiger partial charge in [-0.05, 0) is 25.8 Å². The Morgan fingerprint density at radius 1 is 1.11 bits per heavy atom. The third kappa shape index (κ3) is 4.90. The van der Waals surface area contributed by atoms with Crippen LogP contribution in [0, 0.1) is 11.6 Å². The molecule has 0 radical (unpaired) electrons. The van der Waals surface area contributed by atoms with Crippen molar-refractivity contribution in [1.29, 1.82) is 0 Å². The van der Waals surface area contributed by atoms with E-state index in [9.17, 15) is 8.78 Å². The topological polar surface area (TPSA) is 12.0 Å². The molecular weight excluding hydrogens is 244 g/mol. The third-order valence-electron chi connectivity index (χ3n) is 3.48. The van der Waals surface area contributed by atoms with E-state index in [-0.39, 0.29) is 6.04 Å². The van der Waals surface area contributed by atoms with Crippen LogP contribution >= 0.6 is 0 Å². The minimum atomic E-state index is -0.772. The molecule has 0 aliphatic carbocycles. The van der Waals surface area contributed by atoms with Gasteiger partial charge in [0.25, 0.3) is 0 Å². The number of hydrogen-bond acceptors (Lipinski definition) is 1. The van der Waals surface area contributed by atoms with Crippen LogP contribution in [0.5, 0.6) is 0 Å². The van der Waals surface area contributed by atoms with Crippen molar-refractivity contribution in [3.8, 4) is 0 Å². The third-order valence-corrected chi connectivity index (χ3v) is 3.48. The highest BCUT2D eigenvalue weighted by atomic mass is 19.2. The van der Waals surface area contributed by atoms with Gasteiger partial charge in [-0.1, -0.05) is 45.2 Å². The molecule has 0 aromatic heterocycles. The lowest BCUT2D eigenvalue weighted by atomic mass is 10.0. The van der Waals surface area contributed by atoms with Crippen molar-refractivity contribution in [3.05, 3.63) is 35.4 Å². The minimum Gasteiger partial charge on any atom is -0.307 e. The molecule has 1 rings (SSSR count). The van der Waals surface area contributed by atoms with Gasteiger partial charge in [0.15, 0.2) is 11.6 Å². The van der Waals surface area contributed by atoms with Crippen LogP contribution in [0.3, 0.4) is 0 Å². The van der Waals surface area contributed by atoms with Crippen LogP contribution < -0.4 is 5.32 Å². The second-order valence-electron chi connectivity index (χ2n) is 5.16. The molecule has 19 heavy (non-hydrogen) atoms. The highest BCUT2D eigenvalue weighted by molar-refractivity contribution is 5.22. The zero-order valence-corrected chi connectivity index (χ0v) is 12.2. The SMILES string of the molecule is CCCCC(CCC)NC(C)c1cccc(F)c1F. The Labute approximate surface area is 115 Å². The quantitative estimate of drug-likeness (QED) is 0.702. The largest absolute Gasteiger partial charge is 0.307 e. The van der Waals surface area contributed by atoms with Crippen LogP contribution in [0.1, 0.15) is 64.5 Å². The van der Waals surface area contributed by atoms with Crippen molar-refractivity contribution in [2.24, 2.45) is 0 Å². The van der Waals surface area contributed by atoms with E-state index in [4.69, 9.17) is 0 Å². The van der Waals surface area contributed by atoms with Gasteiger partial charge in [0.05, 0.1) is 0 Å². The van der Waals surface area contributed by atoms with Crippen molar-refractivity contribution in [2.45, 2.75) is 65.0 Å². The van der Waals surface area contributed by atoms with E-state index in [1.807, 2.05) is 6.92 Å². The summed E-state index contributed by atoms with van der Waals surface area (Å²) in [4.78, 5) is 0. The molecule has 0 saturated carbocycles. The highest BCUT2D eigenvalue weighted by Gasteiger charge is 2.17. The standard InChI is InChI=1S/C16H25F2N/c1-4-6-9-13(8-5-2)19-12(3)14-10-7-11-15(17)16(14)18/h7,10-13,19H,4-6,8-9H2,1-3H3. The van der Waals surface area contributed by atoms with E-state index in [0.717, 1.165) is 38.2 Å². The fraction of sp³-hybridized carbons (Fsp3) is 0.625. The second-order valence-corrected chi connectivity index (χ2v) is 5.16. The summed E-state index contributed by atoms with van der Waals surface area (Å²) in [5, 5.41) is 3.43. The van der Waals surface area contributed by atoms with Crippen molar-refractivity contribution in [1.82, 2.24) is 5.32 Å². The second kappa shape index (κ2) is 8.26. The van der Waals surface area contributed by atoms with Gasteiger partial charge in [-0.25, -0.2) is 8.78 Å². The van der Waals surface area contributed by atoms with Crippen LogP contribution in [0.25, 0.3) is 0 Å². The van der Waals surface area contributed by atoms with E-state index in [1.165, 1.54) is 0 Å². The summed E-state index contributed by atoms with van der Waals surface area (Å²) in [6.45, 7) is 6.21. The van der Waals surface area contributed by atoms with Gasteiger partial charge in [-0.15, -0.1) is 0 Å². The molecule has 0 saturated heterocycles. The van der Waals surface area contributed by atoms with Gasteiger partial charge in [0, 0.05) is 17.6 Å². The van der Waals surface area contributed by atoms with Crippen LogP contribution in [0.4, 0.5) is 8.78 Å². The maximum absolute atomic E-state index is 13.7. The average Bonchev–Trinajstić information content (AvgIpc) is 2.39. The molecule has 1 aromatic rings. The maximum Gasteiger partial charge on any atom is 0.163 e. The van der Waals surface area contributed by atoms with Gasteiger partial charge in [-0.2, -0.15) is 0 Å². The Hall–Kier alpha value is -0.960. The van der Waals surface area contributed by atoms with Gasteiger partial charge in [0.2, 0.25) is 0 Å². The lowest BCUT2D eigenvalue weighted by Crippen LogP contribution is -2.32. The van der Waals surface area contributed by atoms with Gasteiger partial charge in [0.1, 0.15) is 0 Å². The predicted molar refractivity (Wildman–Crippen MR) is 76.1 cm³/mol. The Morgan fingerprint density at radius 2 is 1.84 bits per heavy atom. The summed E-state index contributed by atoms with van der Waals surface area (Å²) in [5.74, 6) is -1.50. The number of hydrogen-bond donors (Lipinski definition) is 1.